The SMILES string of the molecule is CCO[Si](C)(C)OCC.C[Si](C)(O)O.C[Si](C)(O)O[Si](C)(C)O. The summed E-state index contributed by atoms with van der Waals surface area (Å²) in [4.78, 5) is 34.7. The molecule has 0 unspecified atom stereocenters. The molecule has 0 aromatic carbocycles. The Bertz CT molecular complexity index is 257. The lowest BCUT2D eigenvalue weighted by Crippen LogP contribution is -2.44. The van der Waals surface area contributed by atoms with E-state index in [1.807, 2.05) is 13.8 Å². The van der Waals surface area contributed by atoms with E-state index in [-0.39, 0.29) is 0 Å². The quantitative estimate of drug-likeness (QED) is 0.498. The maximum atomic E-state index is 9.14. The Balaban J connectivity index is -0.000000273. The fourth-order valence-corrected chi connectivity index (χ4v) is 7.71. The first-order chi connectivity index (χ1) is 9.83. The van der Waals surface area contributed by atoms with Crippen molar-refractivity contribution in [2.75, 3.05) is 13.2 Å². The van der Waals surface area contributed by atoms with Crippen LogP contribution >= 0.6 is 0 Å². The highest BCUT2D eigenvalue weighted by Crippen LogP contribution is 2.07. The summed E-state index contributed by atoms with van der Waals surface area (Å²) in [6.45, 7) is 19.0. The van der Waals surface area contributed by atoms with Crippen LogP contribution in [0.1, 0.15) is 13.8 Å². The van der Waals surface area contributed by atoms with Crippen molar-refractivity contribution in [3.8, 4) is 0 Å². The third-order valence-electron chi connectivity index (χ3n) is 1.48. The lowest BCUT2D eigenvalue weighted by Gasteiger charge is -2.23. The summed E-state index contributed by atoms with van der Waals surface area (Å²) in [6, 6.07) is 0. The first kappa shape index (κ1) is 28.4. The lowest BCUT2D eigenvalue weighted by atomic mass is 10.9. The second-order valence-corrected chi connectivity index (χ2v) is 19.7. The Kier molecular flexibility index (Phi) is 14.8. The van der Waals surface area contributed by atoms with E-state index in [1.54, 1.807) is 26.2 Å². The van der Waals surface area contributed by atoms with Crippen molar-refractivity contribution in [3.05, 3.63) is 0 Å². The summed E-state index contributed by atoms with van der Waals surface area (Å²) in [6.07, 6.45) is 0. The average molecular weight is 407 g/mol. The zero-order chi connectivity index (χ0) is 19.5. The van der Waals surface area contributed by atoms with Gasteiger partial charge in [-0.25, -0.2) is 0 Å². The molecular formula is C12H38O7Si4. The first-order valence-electron chi connectivity index (χ1n) is 7.70. The van der Waals surface area contributed by atoms with E-state index in [0.29, 0.717) is 0 Å². The minimum absolute atomic E-state index is 0.763. The molecule has 0 atom stereocenters. The van der Waals surface area contributed by atoms with Crippen LogP contribution in [-0.2, 0) is 13.0 Å². The molecule has 0 bridgehead atoms. The predicted octanol–water partition coefficient (Wildman–Crippen LogP) is 1.83. The van der Waals surface area contributed by atoms with E-state index in [2.05, 4.69) is 13.1 Å². The molecule has 0 aliphatic heterocycles. The largest absolute Gasteiger partial charge is 0.415 e. The molecule has 0 saturated carbocycles. The predicted molar refractivity (Wildman–Crippen MR) is 103 cm³/mol. The normalized spacial score (nSPS) is 12.8. The van der Waals surface area contributed by atoms with Crippen molar-refractivity contribution in [2.45, 2.75) is 66.2 Å². The van der Waals surface area contributed by atoms with Crippen LogP contribution in [0.15, 0.2) is 0 Å². The summed E-state index contributed by atoms with van der Waals surface area (Å²) in [7, 11) is -9.28. The molecule has 0 aliphatic rings. The van der Waals surface area contributed by atoms with Gasteiger partial charge in [0.2, 0.25) is 0 Å². The first-order valence-corrected chi connectivity index (χ1v) is 19.1. The van der Waals surface area contributed by atoms with Crippen molar-refractivity contribution in [2.24, 2.45) is 0 Å². The smallest absolute Gasteiger partial charge is 0.331 e. The summed E-state index contributed by atoms with van der Waals surface area (Å²) in [5, 5.41) is 0. The monoisotopic (exact) mass is 406 g/mol. The molecule has 11 heteroatoms. The minimum atomic E-state index is -2.61. The molecular weight excluding hydrogens is 368 g/mol. The topological polar surface area (TPSA) is 109 Å². The van der Waals surface area contributed by atoms with E-state index in [4.69, 9.17) is 32.1 Å². The Morgan fingerprint density at radius 3 is 0.913 bits per heavy atom. The van der Waals surface area contributed by atoms with Gasteiger partial charge in [-0.15, -0.1) is 0 Å². The Labute approximate surface area is 146 Å². The van der Waals surface area contributed by atoms with Gasteiger partial charge < -0.3 is 32.1 Å². The molecule has 0 amide bonds. The summed E-state index contributed by atoms with van der Waals surface area (Å²) in [5.41, 5.74) is 0. The zero-order valence-electron chi connectivity index (χ0n) is 16.4. The lowest BCUT2D eigenvalue weighted by molar-refractivity contribution is 0.196. The van der Waals surface area contributed by atoms with E-state index in [1.165, 1.54) is 13.1 Å². The van der Waals surface area contributed by atoms with Crippen LogP contribution < -0.4 is 0 Å². The Morgan fingerprint density at radius 2 is 0.826 bits per heavy atom. The molecule has 0 saturated heterocycles. The van der Waals surface area contributed by atoms with Gasteiger partial charge in [-0.05, 0) is 66.2 Å². The molecule has 144 valence electrons. The highest BCUT2D eigenvalue weighted by molar-refractivity contribution is 6.77. The number of hydrogen-bond acceptors (Lipinski definition) is 7. The van der Waals surface area contributed by atoms with Crippen LogP contribution in [0.3, 0.4) is 0 Å². The molecule has 0 aromatic rings. The van der Waals surface area contributed by atoms with Gasteiger partial charge in [-0.1, -0.05) is 0 Å². The van der Waals surface area contributed by atoms with E-state index >= 15 is 0 Å². The van der Waals surface area contributed by atoms with Crippen molar-refractivity contribution in [3.63, 3.8) is 0 Å². The van der Waals surface area contributed by atoms with Crippen molar-refractivity contribution in [1.82, 2.24) is 0 Å². The fourth-order valence-electron chi connectivity index (χ4n) is 1.35. The second-order valence-electron chi connectivity index (χ2n) is 6.76. The van der Waals surface area contributed by atoms with Crippen LogP contribution in [0.25, 0.3) is 0 Å². The maximum Gasteiger partial charge on any atom is 0.331 e. The molecule has 0 radical (unpaired) electrons. The highest BCUT2D eigenvalue weighted by Gasteiger charge is 2.30. The summed E-state index contributed by atoms with van der Waals surface area (Å²) >= 11 is 0. The van der Waals surface area contributed by atoms with Gasteiger partial charge >= 0.3 is 34.2 Å². The van der Waals surface area contributed by atoms with Crippen molar-refractivity contribution >= 4 is 34.2 Å². The van der Waals surface area contributed by atoms with Crippen LogP contribution in [0, 0.1) is 0 Å². The van der Waals surface area contributed by atoms with Gasteiger partial charge in [0.1, 0.15) is 0 Å². The third kappa shape index (κ3) is 45.0. The van der Waals surface area contributed by atoms with Crippen LogP contribution in [-0.4, -0.2) is 66.6 Å². The second kappa shape index (κ2) is 12.0. The van der Waals surface area contributed by atoms with E-state index < -0.39 is 34.2 Å². The molecule has 0 heterocycles. The fraction of sp³-hybridized carbons (Fsp3) is 1.00. The van der Waals surface area contributed by atoms with Crippen LogP contribution in [0.5, 0.6) is 0 Å². The molecule has 23 heavy (non-hydrogen) atoms. The molecule has 4 N–H and O–H groups in total. The molecule has 0 fully saturated rings. The standard InChI is InChI=1S/C6H16O2Si.C4H14O3Si2.C2H8O2Si/c1-5-7-9(3,4)8-6-2;1-8(2,5)7-9(3,4)6;1-5(2,3)4/h5-6H2,1-4H3;5-6H,1-4H3;3-4H,1-2H3. The molecule has 0 aliphatic carbocycles. The summed E-state index contributed by atoms with van der Waals surface area (Å²) in [5.74, 6) is 0. The van der Waals surface area contributed by atoms with Gasteiger partial charge in [0, 0.05) is 13.2 Å². The summed E-state index contributed by atoms with van der Waals surface area (Å²) < 4.78 is 15.8. The van der Waals surface area contributed by atoms with E-state index in [0.717, 1.165) is 13.2 Å². The van der Waals surface area contributed by atoms with Gasteiger partial charge in [0.05, 0.1) is 0 Å². The molecule has 7 nitrogen and oxygen atoms in total. The van der Waals surface area contributed by atoms with Gasteiger partial charge in [0.25, 0.3) is 0 Å². The Hall–Kier alpha value is 0.588. The van der Waals surface area contributed by atoms with E-state index in [9.17, 15) is 0 Å². The number of hydrogen-bond donors (Lipinski definition) is 4. The van der Waals surface area contributed by atoms with Gasteiger partial charge in [-0.2, -0.15) is 0 Å². The Morgan fingerprint density at radius 1 is 0.609 bits per heavy atom. The maximum absolute atomic E-state index is 9.14. The highest BCUT2D eigenvalue weighted by atomic mass is 28.5. The third-order valence-corrected chi connectivity index (χ3v) is 7.45. The average Bonchev–Trinajstić information content (AvgIpc) is 2.07. The van der Waals surface area contributed by atoms with Gasteiger partial charge in [-0.3, -0.25) is 0 Å². The van der Waals surface area contributed by atoms with Crippen molar-refractivity contribution < 1.29 is 32.1 Å². The van der Waals surface area contributed by atoms with Gasteiger partial charge in [0.15, 0.2) is 0 Å². The minimum Gasteiger partial charge on any atom is -0.415 e. The molecule has 0 spiro atoms. The number of rotatable bonds is 6. The van der Waals surface area contributed by atoms with Crippen LogP contribution in [0.2, 0.25) is 52.4 Å². The van der Waals surface area contributed by atoms with Crippen molar-refractivity contribution in [1.29, 1.82) is 0 Å². The molecule has 0 aromatic heterocycles. The van der Waals surface area contributed by atoms with Crippen LogP contribution in [0.4, 0.5) is 0 Å². The molecule has 0 rings (SSSR count). The zero-order valence-corrected chi connectivity index (χ0v) is 20.4.